The lowest BCUT2D eigenvalue weighted by Crippen LogP contribution is -2.28. The average molecular weight is 249 g/mol. The van der Waals surface area contributed by atoms with Gasteiger partial charge >= 0.3 is 0 Å². The highest BCUT2D eigenvalue weighted by atomic mass is 32.1. The van der Waals surface area contributed by atoms with Crippen molar-refractivity contribution < 1.29 is 5.11 Å². The van der Waals surface area contributed by atoms with Gasteiger partial charge in [0, 0.05) is 23.0 Å². The second-order valence-corrected chi connectivity index (χ2v) is 5.39. The van der Waals surface area contributed by atoms with E-state index in [1.807, 2.05) is 0 Å². The number of aliphatic hydroxyl groups is 1. The molecule has 0 spiro atoms. The fourth-order valence-corrected chi connectivity index (χ4v) is 3.31. The van der Waals surface area contributed by atoms with Crippen LogP contribution in [-0.4, -0.2) is 29.2 Å². The van der Waals surface area contributed by atoms with Gasteiger partial charge in [-0.25, -0.2) is 0 Å². The van der Waals surface area contributed by atoms with E-state index < -0.39 is 0 Å². The summed E-state index contributed by atoms with van der Waals surface area (Å²) in [5.74, 6) is 5.77. The first-order valence-corrected chi connectivity index (χ1v) is 7.13. The minimum Gasteiger partial charge on any atom is -0.384 e. The first kappa shape index (κ1) is 12.6. The number of likely N-dealkylation sites (tertiary alicyclic amines) is 1. The van der Waals surface area contributed by atoms with Crippen LogP contribution in [-0.2, 0) is 6.54 Å². The minimum atomic E-state index is -0.0589. The number of nitrogens with zero attached hydrogens (tertiary/aromatic N) is 1. The van der Waals surface area contributed by atoms with E-state index in [0.717, 1.165) is 18.2 Å². The summed E-state index contributed by atoms with van der Waals surface area (Å²) >= 11 is 1.77. The Balaban J connectivity index is 2.05. The quantitative estimate of drug-likeness (QED) is 0.832. The van der Waals surface area contributed by atoms with E-state index in [0.29, 0.717) is 0 Å². The van der Waals surface area contributed by atoms with Crippen molar-refractivity contribution in [1.29, 1.82) is 0 Å². The molecule has 1 aromatic rings. The molecular formula is C14H19NOS. The topological polar surface area (TPSA) is 23.5 Å². The lowest BCUT2D eigenvalue weighted by molar-refractivity contribution is 0.242. The van der Waals surface area contributed by atoms with Gasteiger partial charge in [-0.15, -0.1) is 11.3 Å². The fourth-order valence-electron chi connectivity index (χ4n) is 2.46. The normalized spacial score (nSPS) is 20.2. The van der Waals surface area contributed by atoms with Gasteiger partial charge in [0.05, 0.1) is 0 Å². The number of hydrogen-bond donors (Lipinski definition) is 1. The summed E-state index contributed by atoms with van der Waals surface area (Å²) in [6, 6.07) is 2.80. The molecule has 0 aliphatic carbocycles. The van der Waals surface area contributed by atoms with Gasteiger partial charge in [0.2, 0.25) is 0 Å². The lowest BCUT2D eigenvalue weighted by Gasteiger charge is -2.22. The lowest BCUT2D eigenvalue weighted by atomic mass is 10.1. The molecule has 2 nitrogen and oxygen atoms in total. The van der Waals surface area contributed by atoms with E-state index in [4.69, 9.17) is 5.11 Å². The van der Waals surface area contributed by atoms with Gasteiger partial charge in [-0.3, -0.25) is 4.90 Å². The summed E-state index contributed by atoms with van der Waals surface area (Å²) in [5.41, 5.74) is 1.09. The van der Waals surface area contributed by atoms with Crippen molar-refractivity contribution in [2.75, 3.05) is 13.2 Å². The molecule has 1 atom stereocenters. The van der Waals surface area contributed by atoms with E-state index in [1.165, 1.54) is 30.7 Å². The largest absolute Gasteiger partial charge is 0.384 e. The first-order valence-electron chi connectivity index (χ1n) is 6.25. The van der Waals surface area contributed by atoms with Crippen molar-refractivity contribution in [3.8, 4) is 11.8 Å². The smallest absolute Gasteiger partial charge is 0.104 e. The molecule has 17 heavy (non-hydrogen) atoms. The van der Waals surface area contributed by atoms with Crippen LogP contribution in [0.5, 0.6) is 0 Å². The molecule has 92 valence electrons. The van der Waals surface area contributed by atoms with Crippen LogP contribution in [0.3, 0.4) is 0 Å². The molecule has 2 rings (SSSR count). The molecule has 1 N–H and O–H groups in total. The number of thiophene rings is 1. The molecule has 0 saturated carbocycles. The SMILES string of the molecule is CCC1CCCN1Cc1sccc1C#CCO. The van der Waals surface area contributed by atoms with E-state index in [1.54, 1.807) is 11.3 Å². The van der Waals surface area contributed by atoms with Crippen LogP contribution >= 0.6 is 11.3 Å². The third-order valence-electron chi connectivity index (χ3n) is 3.36. The molecule has 1 saturated heterocycles. The van der Waals surface area contributed by atoms with Gasteiger partial charge in [0.15, 0.2) is 0 Å². The number of rotatable bonds is 3. The Hall–Kier alpha value is -0.820. The van der Waals surface area contributed by atoms with Crippen LogP contribution in [0.1, 0.15) is 36.6 Å². The van der Waals surface area contributed by atoms with Crippen molar-refractivity contribution in [3.63, 3.8) is 0 Å². The molecule has 1 aliphatic heterocycles. The van der Waals surface area contributed by atoms with Crippen molar-refractivity contribution in [2.45, 2.75) is 38.8 Å². The van der Waals surface area contributed by atoms with Crippen molar-refractivity contribution in [2.24, 2.45) is 0 Å². The van der Waals surface area contributed by atoms with Gasteiger partial charge in [0.25, 0.3) is 0 Å². The first-order chi connectivity index (χ1) is 8.35. The van der Waals surface area contributed by atoms with Gasteiger partial charge in [-0.2, -0.15) is 0 Å². The maximum atomic E-state index is 8.74. The highest BCUT2D eigenvalue weighted by molar-refractivity contribution is 7.10. The zero-order chi connectivity index (χ0) is 12.1. The summed E-state index contributed by atoms with van der Waals surface area (Å²) in [6.07, 6.45) is 3.89. The molecule has 3 heteroatoms. The van der Waals surface area contributed by atoms with E-state index in [-0.39, 0.29) is 6.61 Å². The third kappa shape index (κ3) is 3.10. The highest BCUT2D eigenvalue weighted by Crippen LogP contribution is 2.25. The molecule has 0 aromatic carbocycles. The molecule has 1 aliphatic rings. The molecular weight excluding hydrogens is 230 g/mol. The van der Waals surface area contributed by atoms with Gasteiger partial charge in [0.1, 0.15) is 6.61 Å². The summed E-state index contributed by atoms with van der Waals surface area (Å²) in [4.78, 5) is 3.90. The molecule has 0 radical (unpaired) electrons. The Morgan fingerprint density at radius 2 is 2.47 bits per heavy atom. The van der Waals surface area contributed by atoms with Gasteiger partial charge in [-0.05, 0) is 37.3 Å². The Bertz CT molecular complexity index is 415. The molecule has 0 amide bonds. The number of hydrogen-bond acceptors (Lipinski definition) is 3. The van der Waals surface area contributed by atoms with E-state index in [2.05, 4.69) is 35.1 Å². The monoisotopic (exact) mass is 249 g/mol. The summed E-state index contributed by atoms with van der Waals surface area (Å²) < 4.78 is 0. The van der Waals surface area contributed by atoms with Crippen LogP contribution in [0, 0.1) is 11.8 Å². The summed E-state index contributed by atoms with van der Waals surface area (Å²) in [7, 11) is 0. The second kappa shape index (κ2) is 6.20. The van der Waals surface area contributed by atoms with E-state index >= 15 is 0 Å². The van der Waals surface area contributed by atoms with Crippen LogP contribution in [0.2, 0.25) is 0 Å². The zero-order valence-corrected chi connectivity index (χ0v) is 11.1. The van der Waals surface area contributed by atoms with Crippen LogP contribution in [0.25, 0.3) is 0 Å². The Labute approximate surface area is 107 Å². The summed E-state index contributed by atoms with van der Waals surface area (Å²) in [6.45, 7) is 4.44. The third-order valence-corrected chi connectivity index (χ3v) is 4.27. The van der Waals surface area contributed by atoms with Crippen molar-refractivity contribution in [1.82, 2.24) is 4.90 Å². The standard InChI is InChI=1S/C14H19NOS/c1-2-13-6-3-8-15(13)11-14-12(5-4-9-16)7-10-17-14/h7,10,13,16H,2-3,6,8-9,11H2,1H3. The van der Waals surface area contributed by atoms with Crippen molar-refractivity contribution in [3.05, 3.63) is 21.9 Å². The van der Waals surface area contributed by atoms with Gasteiger partial charge < -0.3 is 5.11 Å². The molecule has 1 fully saturated rings. The number of aliphatic hydroxyl groups excluding tert-OH is 1. The summed E-state index contributed by atoms with van der Waals surface area (Å²) in [5, 5.41) is 10.8. The van der Waals surface area contributed by atoms with E-state index in [9.17, 15) is 0 Å². The second-order valence-electron chi connectivity index (χ2n) is 4.39. The fraction of sp³-hybridized carbons (Fsp3) is 0.571. The maximum Gasteiger partial charge on any atom is 0.104 e. The van der Waals surface area contributed by atoms with Crippen molar-refractivity contribution >= 4 is 11.3 Å². The predicted octanol–water partition coefficient (Wildman–Crippen LogP) is 2.47. The molecule has 1 aromatic heterocycles. The zero-order valence-electron chi connectivity index (χ0n) is 10.3. The highest BCUT2D eigenvalue weighted by Gasteiger charge is 2.23. The predicted molar refractivity (Wildman–Crippen MR) is 72.0 cm³/mol. The molecule has 2 heterocycles. The van der Waals surface area contributed by atoms with Crippen LogP contribution < -0.4 is 0 Å². The average Bonchev–Trinajstić information content (AvgIpc) is 2.96. The maximum absolute atomic E-state index is 8.74. The molecule has 0 bridgehead atoms. The minimum absolute atomic E-state index is 0.0589. The molecule has 1 unspecified atom stereocenters. The van der Waals surface area contributed by atoms with Crippen LogP contribution in [0.15, 0.2) is 11.4 Å². The Morgan fingerprint density at radius 1 is 1.59 bits per heavy atom. The van der Waals surface area contributed by atoms with Crippen LogP contribution in [0.4, 0.5) is 0 Å². The van der Waals surface area contributed by atoms with Gasteiger partial charge in [-0.1, -0.05) is 18.8 Å². The Kier molecular flexibility index (Phi) is 4.61. The Morgan fingerprint density at radius 3 is 3.24 bits per heavy atom.